The molecule has 3 rings (SSSR count). The Balaban J connectivity index is 1.87. The highest BCUT2D eigenvalue weighted by Crippen LogP contribution is 2.37. The lowest BCUT2D eigenvalue weighted by molar-refractivity contribution is -0.163. The molecule has 3 fully saturated rings. The van der Waals surface area contributed by atoms with Crippen molar-refractivity contribution in [2.24, 2.45) is 0 Å². The van der Waals surface area contributed by atoms with Crippen LogP contribution in [-0.2, 0) is 28.5 Å². The number of ether oxygens (including phenoxy) is 5. The topological polar surface area (TPSA) is 83.5 Å². The van der Waals surface area contributed by atoms with Crippen molar-refractivity contribution in [2.75, 3.05) is 13.2 Å². The van der Waals surface area contributed by atoms with Crippen LogP contribution in [0.4, 0.5) is 4.79 Å². The molecular weight excluding hydrogens is 318 g/mol. The maximum atomic E-state index is 12.3. The van der Waals surface area contributed by atoms with Crippen molar-refractivity contribution in [2.45, 2.75) is 77.0 Å². The lowest BCUT2D eigenvalue weighted by Crippen LogP contribution is -2.53. The first-order chi connectivity index (χ1) is 11.1. The van der Waals surface area contributed by atoms with Gasteiger partial charge in [0, 0.05) is 6.42 Å². The van der Waals surface area contributed by atoms with Gasteiger partial charge in [-0.3, -0.25) is 4.79 Å². The minimum Gasteiger partial charge on any atom is -0.441 e. The number of carbonyl (C=O) groups excluding carboxylic acids is 2. The highest BCUT2D eigenvalue weighted by atomic mass is 16.8. The third kappa shape index (κ3) is 3.15. The zero-order valence-electron chi connectivity index (χ0n) is 14.7. The molecule has 3 heterocycles. The number of hydrogen-bond donors (Lipinski definition) is 0. The Labute approximate surface area is 141 Å². The van der Waals surface area contributed by atoms with Crippen molar-refractivity contribution in [3.8, 4) is 0 Å². The SMILES string of the molecule is CCC(=O)N1C(=O)O[C@H](C2COC(C)(C)O2)[C@@H]1C1COC(C)(C)O1. The van der Waals surface area contributed by atoms with Gasteiger partial charge in [-0.25, -0.2) is 9.69 Å². The van der Waals surface area contributed by atoms with E-state index in [0.29, 0.717) is 0 Å². The standard InChI is InChI=1S/C16H25NO7/c1-6-11(18)17-12(9-7-20-15(2,3)23-9)13(22-14(17)19)10-8-21-16(4,5)24-10/h9-10,12-13H,6-8H2,1-5H3/t9?,10?,12-,13+/m0/s1. The largest absolute Gasteiger partial charge is 0.441 e. The molecule has 3 aliphatic heterocycles. The van der Waals surface area contributed by atoms with Gasteiger partial charge in [-0.15, -0.1) is 0 Å². The molecule has 24 heavy (non-hydrogen) atoms. The highest BCUT2D eigenvalue weighted by molar-refractivity contribution is 5.93. The van der Waals surface area contributed by atoms with Crippen molar-refractivity contribution >= 4 is 12.0 Å². The quantitative estimate of drug-likeness (QED) is 0.766. The summed E-state index contributed by atoms with van der Waals surface area (Å²) in [5, 5.41) is 0. The maximum Gasteiger partial charge on any atom is 0.417 e. The summed E-state index contributed by atoms with van der Waals surface area (Å²) in [6, 6.07) is -0.603. The summed E-state index contributed by atoms with van der Waals surface area (Å²) >= 11 is 0. The van der Waals surface area contributed by atoms with Gasteiger partial charge in [0.25, 0.3) is 0 Å². The molecule has 0 aromatic carbocycles. The van der Waals surface area contributed by atoms with Crippen LogP contribution in [-0.4, -0.2) is 66.0 Å². The number of rotatable bonds is 3. The molecule has 0 saturated carbocycles. The van der Waals surface area contributed by atoms with Crippen molar-refractivity contribution in [3.05, 3.63) is 0 Å². The van der Waals surface area contributed by atoms with Crippen molar-refractivity contribution in [3.63, 3.8) is 0 Å². The third-order valence-corrected chi connectivity index (χ3v) is 4.45. The van der Waals surface area contributed by atoms with Crippen molar-refractivity contribution < 1.29 is 33.3 Å². The number of carbonyl (C=O) groups is 2. The van der Waals surface area contributed by atoms with Crippen LogP contribution in [0.15, 0.2) is 0 Å². The fraction of sp³-hybridized carbons (Fsp3) is 0.875. The first-order valence-electron chi connectivity index (χ1n) is 8.30. The normalized spacial score (nSPS) is 37.7. The van der Waals surface area contributed by atoms with Gasteiger partial charge in [0.2, 0.25) is 5.91 Å². The number of nitrogens with zero attached hydrogens (tertiary/aromatic N) is 1. The lowest BCUT2D eigenvalue weighted by atomic mass is 9.99. The second kappa shape index (κ2) is 5.94. The van der Waals surface area contributed by atoms with E-state index < -0.39 is 42.0 Å². The highest BCUT2D eigenvalue weighted by Gasteiger charge is 2.57. The minimum atomic E-state index is -0.770. The molecule has 3 aliphatic rings. The fourth-order valence-electron chi connectivity index (χ4n) is 3.38. The number of hydrogen-bond acceptors (Lipinski definition) is 7. The van der Waals surface area contributed by atoms with Crippen LogP contribution >= 0.6 is 0 Å². The second-order valence-electron chi connectivity index (χ2n) is 7.19. The predicted octanol–water partition coefficient (Wildman–Crippen LogP) is 1.42. The third-order valence-electron chi connectivity index (χ3n) is 4.45. The number of imide groups is 1. The summed E-state index contributed by atoms with van der Waals surface area (Å²) in [4.78, 5) is 25.8. The van der Waals surface area contributed by atoms with Crippen LogP contribution < -0.4 is 0 Å². The van der Waals surface area contributed by atoms with E-state index in [1.54, 1.807) is 34.6 Å². The lowest BCUT2D eigenvalue weighted by Gasteiger charge is -2.30. The molecule has 2 unspecified atom stereocenters. The minimum absolute atomic E-state index is 0.197. The van der Waals surface area contributed by atoms with Crippen LogP contribution in [0.5, 0.6) is 0 Å². The van der Waals surface area contributed by atoms with Gasteiger partial charge in [0.15, 0.2) is 17.7 Å². The molecule has 4 atom stereocenters. The Kier molecular flexibility index (Phi) is 4.36. The molecule has 8 nitrogen and oxygen atoms in total. The van der Waals surface area contributed by atoms with E-state index in [1.165, 1.54) is 0 Å². The zero-order chi connectivity index (χ0) is 17.7. The van der Waals surface area contributed by atoms with E-state index in [1.807, 2.05) is 0 Å². The molecule has 0 aliphatic carbocycles. The number of cyclic esters (lactones) is 1. The summed E-state index contributed by atoms with van der Waals surface area (Å²) in [6.45, 7) is 9.45. The van der Waals surface area contributed by atoms with Gasteiger partial charge in [-0.2, -0.15) is 0 Å². The molecule has 0 spiro atoms. The second-order valence-corrected chi connectivity index (χ2v) is 7.19. The van der Waals surface area contributed by atoms with Gasteiger partial charge in [0.05, 0.1) is 13.2 Å². The molecule has 136 valence electrons. The Bertz CT molecular complexity index is 533. The van der Waals surface area contributed by atoms with Gasteiger partial charge in [-0.05, 0) is 27.7 Å². The predicted molar refractivity (Wildman–Crippen MR) is 81.0 cm³/mol. The molecule has 2 amide bonds. The van der Waals surface area contributed by atoms with Crippen molar-refractivity contribution in [1.29, 1.82) is 0 Å². The van der Waals surface area contributed by atoms with E-state index in [2.05, 4.69) is 0 Å². The monoisotopic (exact) mass is 343 g/mol. The van der Waals surface area contributed by atoms with Crippen LogP contribution in [0, 0.1) is 0 Å². The summed E-state index contributed by atoms with van der Waals surface area (Å²) < 4.78 is 28.4. The van der Waals surface area contributed by atoms with E-state index in [9.17, 15) is 9.59 Å². The van der Waals surface area contributed by atoms with E-state index in [-0.39, 0.29) is 25.5 Å². The van der Waals surface area contributed by atoms with Gasteiger partial charge in [-0.1, -0.05) is 6.92 Å². The van der Waals surface area contributed by atoms with Gasteiger partial charge >= 0.3 is 6.09 Å². The Morgan fingerprint density at radius 3 is 2.08 bits per heavy atom. The molecular formula is C16H25NO7. The summed E-state index contributed by atoms with van der Waals surface area (Å²) in [6.07, 6.45) is -2.06. The summed E-state index contributed by atoms with van der Waals surface area (Å²) in [5.74, 6) is -1.83. The molecule has 0 aromatic rings. The smallest absolute Gasteiger partial charge is 0.417 e. The zero-order valence-corrected chi connectivity index (χ0v) is 14.7. The van der Waals surface area contributed by atoms with E-state index >= 15 is 0 Å². The number of amides is 2. The molecule has 8 heteroatoms. The first-order valence-corrected chi connectivity index (χ1v) is 8.30. The van der Waals surface area contributed by atoms with Gasteiger partial charge in [0.1, 0.15) is 18.2 Å². The van der Waals surface area contributed by atoms with Crippen LogP contribution in [0.25, 0.3) is 0 Å². The Hall–Kier alpha value is -1.22. The van der Waals surface area contributed by atoms with E-state index in [0.717, 1.165) is 4.90 Å². The molecule has 0 radical (unpaired) electrons. The van der Waals surface area contributed by atoms with Crippen LogP contribution in [0.1, 0.15) is 41.0 Å². The van der Waals surface area contributed by atoms with Gasteiger partial charge < -0.3 is 23.7 Å². The molecule has 0 N–H and O–H groups in total. The average Bonchev–Trinajstić information content (AvgIpc) is 3.13. The molecule has 0 aromatic heterocycles. The van der Waals surface area contributed by atoms with Crippen LogP contribution in [0.3, 0.4) is 0 Å². The first kappa shape index (κ1) is 17.6. The molecule has 0 bridgehead atoms. The average molecular weight is 343 g/mol. The van der Waals surface area contributed by atoms with Crippen molar-refractivity contribution in [1.82, 2.24) is 4.90 Å². The maximum absolute atomic E-state index is 12.3. The Morgan fingerprint density at radius 2 is 1.62 bits per heavy atom. The van der Waals surface area contributed by atoms with Crippen LogP contribution in [0.2, 0.25) is 0 Å². The Morgan fingerprint density at radius 1 is 1.08 bits per heavy atom. The van der Waals surface area contributed by atoms with E-state index in [4.69, 9.17) is 23.7 Å². The fourth-order valence-corrected chi connectivity index (χ4v) is 3.38. The summed E-state index contributed by atoms with van der Waals surface area (Å²) in [7, 11) is 0. The molecule has 3 saturated heterocycles. The summed E-state index contributed by atoms with van der Waals surface area (Å²) in [5.41, 5.74) is 0.